The van der Waals surface area contributed by atoms with Crippen molar-refractivity contribution in [1.29, 1.82) is 0 Å². The van der Waals surface area contributed by atoms with Crippen LogP contribution in [0.5, 0.6) is 11.5 Å². The fraction of sp³-hybridized carbons (Fsp3) is 0.150. The third-order valence-electron chi connectivity index (χ3n) is 4.14. The Morgan fingerprint density at radius 3 is 2.73 bits per heavy atom. The van der Waals surface area contributed by atoms with E-state index < -0.39 is 0 Å². The summed E-state index contributed by atoms with van der Waals surface area (Å²) < 4.78 is 25.4. The van der Waals surface area contributed by atoms with Crippen LogP contribution >= 0.6 is 23.1 Å². The second-order valence-corrected chi connectivity index (χ2v) is 7.98. The number of benzene rings is 2. The Kier molecular flexibility index (Phi) is 6.15. The van der Waals surface area contributed by atoms with Gasteiger partial charge in [-0.2, -0.15) is 0 Å². The summed E-state index contributed by atoms with van der Waals surface area (Å²) in [6.07, 6.45) is 0. The topological polar surface area (TPSA) is 88.1 Å². The predicted molar refractivity (Wildman–Crippen MR) is 115 cm³/mol. The van der Waals surface area contributed by atoms with Crippen LogP contribution in [0.4, 0.5) is 4.39 Å². The highest BCUT2D eigenvalue weighted by atomic mass is 32.2. The first kappa shape index (κ1) is 20.2. The number of halogens is 1. The van der Waals surface area contributed by atoms with Gasteiger partial charge in [-0.15, -0.1) is 21.5 Å². The number of hydrogen-bond donors (Lipinski definition) is 1. The molecular weight excluding hydrogens is 425 g/mol. The molecule has 4 aromatic rings. The molecule has 7 nitrogen and oxygen atoms in total. The van der Waals surface area contributed by atoms with E-state index in [9.17, 15) is 4.39 Å². The Labute approximate surface area is 180 Å². The van der Waals surface area contributed by atoms with Gasteiger partial charge in [-0.3, -0.25) is 0 Å². The van der Waals surface area contributed by atoms with Gasteiger partial charge in [-0.25, -0.2) is 14.1 Å². The quantitative estimate of drug-likeness (QED) is 0.323. The Morgan fingerprint density at radius 2 is 1.93 bits per heavy atom. The van der Waals surface area contributed by atoms with Crippen LogP contribution in [0.3, 0.4) is 0 Å². The largest absolute Gasteiger partial charge is 0.497 e. The molecule has 0 aliphatic rings. The van der Waals surface area contributed by atoms with Gasteiger partial charge in [0.25, 0.3) is 0 Å². The van der Waals surface area contributed by atoms with Crippen LogP contribution in [0.25, 0.3) is 10.6 Å². The second-order valence-electron chi connectivity index (χ2n) is 6.18. The minimum atomic E-state index is -0.264. The van der Waals surface area contributed by atoms with Gasteiger partial charge >= 0.3 is 0 Å². The minimum Gasteiger partial charge on any atom is -0.497 e. The van der Waals surface area contributed by atoms with Crippen molar-refractivity contribution in [3.63, 3.8) is 0 Å². The molecule has 0 unspecified atom stereocenters. The number of thiazole rings is 1. The van der Waals surface area contributed by atoms with Gasteiger partial charge in [0, 0.05) is 22.8 Å². The maximum Gasteiger partial charge on any atom is 0.210 e. The zero-order valence-electron chi connectivity index (χ0n) is 16.0. The fourth-order valence-electron chi connectivity index (χ4n) is 2.58. The van der Waals surface area contributed by atoms with E-state index in [1.807, 2.05) is 23.6 Å². The molecule has 10 heteroatoms. The van der Waals surface area contributed by atoms with Crippen molar-refractivity contribution < 1.29 is 13.9 Å². The molecule has 2 N–H and O–H groups in total. The van der Waals surface area contributed by atoms with Gasteiger partial charge in [-0.1, -0.05) is 17.8 Å². The lowest BCUT2D eigenvalue weighted by Gasteiger charge is -2.07. The molecule has 0 spiro atoms. The number of ether oxygens (including phenoxy) is 2. The van der Waals surface area contributed by atoms with Crippen molar-refractivity contribution in [3.05, 3.63) is 71.2 Å². The highest BCUT2D eigenvalue weighted by Gasteiger charge is 2.13. The van der Waals surface area contributed by atoms with Crippen molar-refractivity contribution in [1.82, 2.24) is 19.9 Å². The molecule has 0 atom stereocenters. The zero-order valence-corrected chi connectivity index (χ0v) is 17.6. The summed E-state index contributed by atoms with van der Waals surface area (Å²) in [5.41, 5.74) is 1.78. The molecule has 0 saturated heterocycles. The minimum absolute atomic E-state index is 0.183. The summed E-state index contributed by atoms with van der Waals surface area (Å²) >= 11 is 2.94. The fourth-order valence-corrected chi connectivity index (χ4v) is 4.28. The van der Waals surface area contributed by atoms with Crippen molar-refractivity contribution >= 4 is 23.1 Å². The van der Waals surface area contributed by atoms with Crippen LogP contribution in [-0.2, 0) is 12.4 Å². The average molecular weight is 444 g/mol. The first-order chi connectivity index (χ1) is 14.6. The number of hydrogen-bond acceptors (Lipinski definition) is 8. The van der Waals surface area contributed by atoms with Gasteiger partial charge in [0.05, 0.1) is 12.8 Å². The molecule has 154 valence electrons. The average Bonchev–Trinajstić information content (AvgIpc) is 3.38. The van der Waals surface area contributed by atoms with Gasteiger partial charge < -0.3 is 15.3 Å². The van der Waals surface area contributed by atoms with Gasteiger partial charge in [0.1, 0.15) is 28.9 Å². The molecule has 0 aliphatic heterocycles. The van der Waals surface area contributed by atoms with Crippen LogP contribution in [0.15, 0.2) is 59.1 Å². The van der Waals surface area contributed by atoms with E-state index in [1.165, 1.54) is 39.9 Å². The number of thioether (sulfide) groups is 1. The smallest absolute Gasteiger partial charge is 0.210 e. The van der Waals surface area contributed by atoms with Crippen molar-refractivity contribution in [2.75, 3.05) is 13.0 Å². The molecule has 0 saturated carbocycles. The summed E-state index contributed by atoms with van der Waals surface area (Å²) in [4.78, 5) is 4.59. The number of aromatic nitrogens is 4. The molecule has 2 heterocycles. The van der Waals surface area contributed by atoms with Crippen LogP contribution in [0.2, 0.25) is 0 Å². The van der Waals surface area contributed by atoms with E-state index in [4.69, 9.17) is 15.3 Å². The lowest BCUT2D eigenvalue weighted by molar-refractivity contribution is 0.289. The van der Waals surface area contributed by atoms with E-state index in [1.54, 1.807) is 25.3 Å². The van der Waals surface area contributed by atoms with E-state index >= 15 is 0 Å². The lowest BCUT2D eigenvalue weighted by Crippen LogP contribution is -2.15. The molecule has 0 fully saturated rings. The van der Waals surface area contributed by atoms with Crippen LogP contribution in [-0.4, -0.2) is 27.0 Å². The first-order valence-corrected chi connectivity index (χ1v) is 10.8. The second kappa shape index (κ2) is 9.14. The standard InChI is InChI=1S/C20H18FN5O2S2/c1-27-16-3-2-4-17(9-16)28-10-18-24-25-20(26(18)22)30-12-15-11-29-19(23-15)13-5-7-14(21)8-6-13/h2-9,11H,10,12,22H2,1H3. The molecule has 30 heavy (non-hydrogen) atoms. The summed E-state index contributed by atoms with van der Waals surface area (Å²) in [5.74, 6) is 8.30. The maximum absolute atomic E-state index is 13.1. The number of rotatable bonds is 8. The molecule has 2 aromatic carbocycles. The van der Waals surface area contributed by atoms with Gasteiger partial charge in [-0.05, 0) is 36.4 Å². The number of methoxy groups -OCH3 is 1. The molecule has 2 aromatic heterocycles. The first-order valence-electron chi connectivity index (χ1n) is 8.92. The Hall–Kier alpha value is -3.11. The number of nitrogens with two attached hydrogens (primary N) is 1. The summed E-state index contributed by atoms with van der Waals surface area (Å²) in [7, 11) is 1.60. The molecule has 0 aliphatic carbocycles. The summed E-state index contributed by atoms with van der Waals surface area (Å²) in [6, 6.07) is 13.6. The zero-order chi connectivity index (χ0) is 20.9. The van der Waals surface area contributed by atoms with E-state index in [-0.39, 0.29) is 12.4 Å². The van der Waals surface area contributed by atoms with Crippen LogP contribution in [0.1, 0.15) is 11.5 Å². The molecule has 0 amide bonds. The number of nitrogen functional groups attached to an aromatic ring is 1. The third-order valence-corrected chi connectivity index (χ3v) is 6.05. The SMILES string of the molecule is COc1cccc(OCc2nnc(SCc3csc(-c4ccc(F)cc4)n3)n2N)c1. The van der Waals surface area contributed by atoms with Crippen LogP contribution < -0.4 is 15.3 Å². The maximum atomic E-state index is 13.1. The van der Waals surface area contributed by atoms with E-state index in [0.717, 1.165) is 16.3 Å². The van der Waals surface area contributed by atoms with Crippen LogP contribution in [0, 0.1) is 5.82 Å². The third kappa shape index (κ3) is 4.71. The number of nitrogens with zero attached hydrogens (tertiary/aromatic N) is 4. The molecule has 0 bridgehead atoms. The summed E-state index contributed by atoms with van der Waals surface area (Å²) in [5, 5.41) is 11.6. The molecule has 0 radical (unpaired) electrons. The lowest BCUT2D eigenvalue weighted by atomic mass is 10.2. The Balaban J connectivity index is 1.36. The van der Waals surface area contributed by atoms with E-state index in [2.05, 4.69) is 15.2 Å². The normalized spacial score (nSPS) is 10.9. The van der Waals surface area contributed by atoms with Crippen molar-refractivity contribution in [3.8, 4) is 22.1 Å². The molecular formula is C20H18FN5O2S2. The van der Waals surface area contributed by atoms with E-state index in [0.29, 0.717) is 28.2 Å². The monoisotopic (exact) mass is 443 g/mol. The Bertz CT molecular complexity index is 1130. The highest BCUT2D eigenvalue weighted by Crippen LogP contribution is 2.27. The van der Waals surface area contributed by atoms with Crippen molar-refractivity contribution in [2.45, 2.75) is 17.5 Å². The molecule has 4 rings (SSSR count). The van der Waals surface area contributed by atoms with Crippen molar-refractivity contribution in [2.24, 2.45) is 0 Å². The summed E-state index contributed by atoms with van der Waals surface area (Å²) in [6.45, 7) is 0.183. The predicted octanol–water partition coefficient (Wildman–Crippen LogP) is 4.13. The Morgan fingerprint density at radius 1 is 1.13 bits per heavy atom. The van der Waals surface area contributed by atoms with Gasteiger partial charge in [0.15, 0.2) is 5.82 Å². The highest BCUT2D eigenvalue weighted by molar-refractivity contribution is 7.98. The van der Waals surface area contributed by atoms with Gasteiger partial charge in [0.2, 0.25) is 5.16 Å².